The van der Waals surface area contributed by atoms with Gasteiger partial charge in [0.25, 0.3) is 0 Å². The number of aliphatic hydroxyl groups is 1. The van der Waals surface area contributed by atoms with Crippen molar-refractivity contribution in [1.82, 2.24) is 0 Å². The molecule has 0 aliphatic heterocycles. The first-order valence-electron chi connectivity index (χ1n) is 7.28. The standard InChI is InChI=1S/C17H23NOS/c1-3-16-9-10-17(20-16)13(2)18-15-8-4-6-14(12-15)7-5-11-19/h4,6,8-10,12-13,18-19H,3,5,7,11H2,1-2H3. The molecule has 0 aliphatic carbocycles. The predicted octanol–water partition coefficient (Wildman–Crippen LogP) is 4.41. The second kappa shape index (κ2) is 7.46. The third-order valence-corrected chi connectivity index (χ3v) is 4.80. The van der Waals surface area contributed by atoms with Crippen LogP contribution in [0.1, 0.15) is 41.6 Å². The second-order valence-corrected chi connectivity index (χ2v) is 6.25. The zero-order chi connectivity index (χ0) is 14.4. The van der Waals surface area contributed by atoms with Gasteiger partial charge in [-0.3, -0.25) is 0 Å². The number of hydrogen-bond acceptors (Lipinski definition) is 3. The fourth-order valence-corrected chi connectivity index (χ4v) is 3.19. The third kappa shape index (κ3) is 4.09. The van der Waals surface area contributed by atoms with Gasteiger partial charge in [0.15, 0.2) is 0 Å². The Hall–Kier alpha value is -1.32. The Labute approximate surface area is 125 Å². The maximum atomic E-state index is 8.90. The molecule has 1 aromatic carbocycles. The molecule has 1 atom stereocenters. The van der Waals surface area contributed by atoms with Gasteiger partial charge in [0.1, 0.15) is 0 Å². The van der Waals surface area contributed by atoms with Gasteiger partial charge >= 0.3 is 0 Å². The Kier molecular flexibility index (Phi) is 5.62. The summed E-state index contributed by atoms with van der Waals surface area (Å²) in [5.74, 6) is 0. The summed E-state index contributed by atoms with van der Waals surface area (Å²) in [7, 11) is 0. The lowest BCUT2D eigenvalue weighted by Crippen LogP contribution is -2.05. The topological polar surface area (TPSA) is 32.3 Å². The molecule has 20 heavy (non-hydrogen) atoms. The zero-order valence-electron chi connectivity index (χ0n) is 12.2. The molecule has 108 valence electrons. The number of hydrogen-bond donors (Lipinski definition) is 2. The first kappa shape index (κ1) is 15.1. The van der Waals surface area contributed by atoms with Crippen LogP contribution in [0.5, 0.6) is 0 Å². The van der Waals surface area contributed by atoms with E-state index in [1.807, 2.05) is 11.3 Å². The summed E-state index contributed by atoms with van der Waals surface area (Å²) in [6, 6.07) is 13.2. The number of thiophene rings is 1. The van der Waals surface area contributed by atoms with E-state index >= 15 is 0 Å². The smallest absolute Gasteiger partial charge is 0.0578 e. The van der Waals surface area contributed by atoms with E-state index in [1.54, 1.807) is 0 Å². The first-order valence-corrected chi connectivity index (χ1v) is 8.09. The van der Waals surface area contributed by atoms with Gasteiger partial charge in [-0.25, -0.2) is 0 Å². The molecule has 1 heterocycles. The molecule has 0 saturated heterocycles. The van der Waals surface area contributed by atoms with Gasteiger partial charge in [-0.2, -0.15) is 0 Å². The van der Waals surface area contributed by atoms with E-state index in [0.29, 0.717) is 6.04 Å². The molecule has 0 saturated carbocycles. The fourth-order valence-electron chi connectivity index (χ4n) is 2.24. The van der Waals surface area contributed by atoms with Crippen molar-refractivity contribution in [1.29, 1.82) is 0 Å². The molecule has 2 rings (SSSR count). The van der Waals surface area contributed by atoms with Gasteiger partial charge in [-0.1, -0.05) is 19.1 Å². The van der Waals surface area contributed by atoms with Crippen molar-refractivity contribution in [2.45, 2.75) is 39.2 Å². The number of aliphatic hydroxyl groups excluding tert-OH is 1. The molecule has 1 unspecified atom stereocenters. The molecule has 2 N–H and O–H groups in total. The highest BCUT2D eigenvalue weighted by Gasteiger charge is 2.08. The molecular formula is C17H23NOS. The number of rotatable bonds is 7. The SMILES string of the molecule is CCc1ccc(C(C)Nc2cccc(CCCO)c2)s1. The molecular weight excluding hydrogens is 266 g/mol. The summed E-state index contributed by atoms with van der Waals surface area (Å²) in [5, 5.41) is 12.5. The van der Waals surface area contributed by atoms with Crippen molar-refractivity contribution < 1.29 is 5.11 Å². The summed E-state index contributed by atoms with van der Waals surface area (Å²) in [6.45, 7) is 4.65. The number of nitrogens with one attached hydrogen (secondary N) is 1. The number of aryl methyl sites for hydroxylation is 2. The van der Waals surface area contributed by atoms with Crippen molar-refractivity contribution in [3.63, 3.8) is 0 Å². The lowest BCUT2D eigenvalue weighted by atomic mass is 10.1. The minimum absolute atomic E-state index is 0.253. The largest absolute Gasteiger partial charge is 0.396 e. The quantitative estimate of drug-likeness (QED) is 0.791. The lowest BCUT2D eigenvalue weighted by molar-refractivity contribution is 0.288. The van der Waals surface area contributed by atoms with Crippen molar-refractivity contribution in [3.05, 3.63) is 51.7 Å². The highest BCUT2D eigenvalue weighted by atomic mass is 32.1. The molecule has 2 aromatic rings. The van der Waals surface area contributed by atoms with Gasteiger partial charge in [-0.05, 0) is 56.0 Å². The molecule has 2 nitrogen and oxygen atoms in total. The van der Waals surface area contributed by atoms with E-state index in [2.05, 4.69) is 55.6 Å². The van der Waals surface area contributed by atoms with Crippen LogP contribution in [0, 0.1) is 0 Å². The average Bonchev–Trinajstić information content (AvgIpc) is 2.94. The lowest BCUT2D eigenvalue weighted by Gasteiger charge is -2.14. The second-order valence-electron chi connectivity index (χ2n) is 5.05. The maximum Gasteiger partial charge on any atom is 0.0578 e. The van der Waals surface area contributed by atoms with Crippen molar-refractivity contribution >= 4 is 17.0 Å². The summed E-state index contributed by atoms with van der Waals surface area (Å²) in [4.78, 5) is 2.81. The molecule has 0 spiro atoms. The minimum Gasteiger partial charge on any atom is -0.396 e. The molecule has 0 amide bonds. The third-order valence-electron chi connectivity index (χ3n) is 3.39. The highest BCUT2D eigenvalue weighted by Crippen LogP contribution is 2.26. The summed E-state index contributed by atoms with van der Waals surface area (Å²) < 4.78 is 0. The maximum absolute atomic E-state index is 8.90. The average molecular weight is 289 g/mol. The minimum atomic E-state index is 0.253. The highest BCUT2D eigenvalue weighted by molar-refractivity contribution is 7.12. The number of anilines is 1. The molecule has 0 radical (unpaired) electrons. The van der Waals surface area contributed by atoms with E-state index < -0.39 is 0 Å². The van der Waals surface area contributed by atoms with E-state index in [0.717, 1.165) is 24.9 Å². The Morgan fingerprint density at radius 3 is 2.80 bits per heavy atom. The summed E-state index contributed by atoms with van der Waals surface area (Å²) in [6.07, 6.45) is 2.86. The first-order chi connectivity index (χ1) is 9.72. The van der Waals surface area contributed by atoms with E-state index in [9.17, 15) is 0 Å². The molecule has 1 aromatic heterocycles. The fraction of sp³-hybridized carbons (Fsp3) is 0.412. The molecule has 0 aliphatic rings. The monoisotopic (exact) mass is 289 g/mol. The van der Waals surface area contributed by atoms with Crippen LogP contribution in [0.4, 0.5) is 5.69 Å². The van der Waals surface area contributed by atoms with Crippen LogP contribution in [0.15, 0.2) is 36.4 Å². The van der Waals surface area contributed by atoms with Crippen LogP contribution in [0.2, 0.25) is 0 Å². The van der Waals surface area contributed by atoms with Crippen molar-refractivity contribution in [2.24, 2.45) is 0 Å². The van der Waals surface area contributed by atoms with E-state index in [-0.39, 0.29) is 6.61 Å². The van der Waals surface area contributed by atoms with Gasteiger partial charge in [0.05, 0.1) is 6.04 Å². The molecule has 0 bridgehead atoms. The summed E-state index contributed by atoms with van der Waals surface area (Å²) in [5.41, 5.74) is 2.43. The van der Waals surface area contributed by atoms with Crippen LogP contribution < -0.4 is 5.32 Å². The van der Waals surface area contributed by atoms with Gasteiger partial charge < -0.3 is 10.4 Å². The van der Waals surface area contributed by atoms with Crippen molar-refractivity contribution in [2.75, 3.05) is 11.9 Å². The Bertz CT molecular complexity index is 535. The van der Waals surface area contributed by atoms with Gasteiger partial charge in [-0.15, -0.1) is 11.3 Å². The normalized spacial score (nSPS) is 12.3. The molecule has 0 fully saturated rings. The van der Waals surface area contributed by atoms with Gasteiger partial charge in [0.2, 0.25) is 0 Å². The predicted molar refractivity (Wildman–Crippen MR) is 87.6 cm³/mol. The Morgan fingerprint density at radius 1 is 1.25 bits per heavy atom. The van der Waals surface area contributed by atoms with Crippen LogP contribution in [-0.4, -0.2) is 11.7 Å². The van der Waals surface area contributed by atoms with Gasteiger partial charge in [0, 0.05) is 22.0 Å². The van der Waals surface area contributed by atoms with E-state index in [1.165, 1.54) is 15.3 Å². The summed E-state index contributed by atoms with van der Waals surface area (Å²) >= 11 is 1.88. The zero-order valence-corrected chi connectivity index (χ0v) is 13.0. The van der Waals surface area contributed by atoms with Crippen LogP contribution in [0.3, 0.4) is 0 Å². The Balaban J connectivity index is 2.01. The van der Waals surface area contributed by atoms with Crippen LogP contribution in [-0.2, 0) is 12.8 Å². The molecule has 3 heteroatoms. The van der Waals surface area contributed by atoms with Crippen LogP contribution in [0.25, 0.3) is 0 Å². The van der Waals surface area contributed by atoms with E-state index in [4.69, 9.17) is 5.11 Å². The van der Waals surface area contributed by atoms with Crippen molar-refractivity contribution in [3.8, 4) is 0 Å². The Morgan fingerprint density at radius 2 is 2.10 bits per heavy atom. The van der Waals surface area contributed by atoms with Crippen LogP contribution >= 0.6 is 11.3 Å². The number of benzene rings is 1.